The number of carbonyl (C=O) groups excluding carboxylic acids is 4. The molecule has 54 heavy (non-hydrogen) atoms. The maximum atomic E-state index is 12.6. The summed E-state index contributed by atoms with van der Waals surface area (Å²) in [6, 6.07) is 0. The summed E-state index contributed by atoms with van der Waals surface area (Å²) in [5, 5.41) is 37.2. The summed E-state index contributed by atoms with van der Waals surface area (Å²) < 4.78 is 48.9. The van der Waals surface area contributed by atoms with Crippen LogP contribution in [0.15, 0.2) is 0 Å². The maximum Gasteiger partial charge on any atom is 0.222 e. The second-order valence-corrected chi connectivity index (χ2v) is 11.5. The van der Waals surface area contributed by atoms with Crippen LogP contribution in [0, 0.1) is 0 Å². The molecule has 0 aromatic rings. The number of rotatable bonds is 41. The van der Waals surface area contributed by atoms with E-state index >= 15 is 0 Å². The average Bonchev–Trinajstić information content (AvgIpc) is 3.16. The van der Waals surface area contributed by atoms with Crippen molar-refractivity contribution < 1.29 is 77.1 Å². The van der Waals surface area contributed by atoms with Crippen molar-refractivity contribution in [1.29, 1.82) is 0 Å². The SMILES string of the molecule is CCC(=O)NC(COCCC(=O)NCCOCCOCCO)(COCCC(=O)NCCOCCOCCO)COCCC(=O)NCCOCCOCCO. The van der Waals surface area contributed by atoms with E-state index in [9.17, 15) is 19.2 Å². The molecule has 0 atom stereocenters. The first-order valence-electron chi connectivity index (χ1n) is 18.5. The number of aliphatic hydroxyl groups excluding tert-OH is 3. The minimum Gasteiger partial charge on any atom is -0.394 e. The fraction of sp³-hybridized carbons (Fsp3) is 0.882. The first-order valence-corrected chi connectivity index (χ1v) is 18.5. The molecule has 0 heterocycles. The molecule has 0 fully saturated rings. The fourth-order valence-electron chi connectivity index (χ4n) is 4.13. The van der Waals surface area contributed by atoms with Gasteiger partial charge in [0.05, 0.1) is 139 Å². The molecule has 0 saturated heterocycles. The van der Waals surface area contributed by atoms with Crippen LogP contribution >= 0.6 is 0 Å². The van der Waals surface area contributed by atoms with Crippen molar-refractivity contribution in [3.8, 4) is 0 Å². The maximum absolute atomic E-state index is 12.6. The Morgan fingerprint density at radius 3 is 0.981 bits per heavy atom. The summed E-state index contributed by atoms with van der Waals surface area (Å²) in [5.74, 6) is -1.08. The van der Waals surface area contributed by atoms with Gasteiger partial charge in [0.2, 0.25) is 23.6 Å². The Bertz CT molecular complexity index is 823. The number of nitrogens with one attached hydrogen (secondary N) is 4. The molecule has 0 spiro atoms. The summed E-state index contributed by atoms with van der Waals surface area (Å²) in [4.78, 5) is 49.5. The number of hydrogen-bond donors (Lipinski definition) is 7. The molecular weight excluding hydrogens is 720 g/mol. The van der Waals surface area contributed by atoms with E-state index in [4.69, 9.17) is 58.0 Å². The molecule has 20 heteroatoms. The minimum atomic E-state index is -1.19. The summed E-state index contributed by atoms with van der Waals surface area (Å²) in [6.45, 7) is 5.80. The van der Waals surface area contributed by atoms with Gasteiger partial charge in [0, 0.05) is 45.3 Å². The van der Waals surface area contributed by atoms with Crippen LogP contribution in [0.5, 0.6) is 0 Å². The normalized spacial score (nSPS) is 11.4. The van der Waals surface area contributed by atoms with Crippen molar-refractivity contribution in [2.45, 2.75) is 38.1 Å². The van der Waals surface area contributed by atoms with E-state index < -0.39 is 5.54 Å². The topological polar surface area (TPSA) is 260 Å². The van der Waals surface area contributed by atoms with Gasteiger partial charge in [-0.05, 0) is 0 Å². The standard InChI is InChI=1S/C34H66N4O16/c1-2-30(42)38-34(27-52-12-3-31(43)35-6-15-46-21-24-49-18-9-39,28-53-13-4-32(44)36-7-16-47-22-25-50-19-10-40)29-54-14-5-33(45)37-8-17-48-23-26-51-20-11-41/h39-41H,2-29H2,1H3,(H,35,43)(H,36,44)(H,37,45)(H,38,42). The van der Waals surface area contributed by atoms with E-state index in [2.05, 4.69) is 21.3 Å². The van der Waals surface area contributed by atoms with Crippen LogP contribution in [-0.4, -0.2) is 203 Å². The van der Waals surface area contributed by atoms with Crippen molar-refractivity contribution in [2.24, 2.45) is 0 Å². The predicted molar refractivity (Wildman–Crippen MR) is 193 cm³/mol. The minimum absolute atomic E-state index is 0.0293. The monoisotopic (exact) mass is 786 g/mol. The third kappa shape index (κ3) is 33.9. The van der Waals surface area contributed by atoms with Gasteiger partial charge in [0.25, 0.3) is 0 Å². The van der Waals surface area contributed by atoms with Crippen molar-refractivity contribution in [1.82, 2.24) is 21.3 Å². The highest BCUT2D eigenvalue weighted by molar-refractivity contribution is 5.77. The Hall–Kier alpha value is -2.60. The van der Waals surface area contributed by atoms with Crippen LogP contribution in [0.25, 0.3) is 0 Å². The van der Waals surface area contributed by atoms with Crippen LogP contribution in [0.3, 0.4) is 0 Å². The lowest BCUT2D eigenvalue weighted by atomic mass is 10.0. The molecule has 0 saturated carbocycles. The zero-order chi connectivity index (χ0) is 39.8. The smallest absolute Gasteiger partial charge is 0.222 e. The van der Waals surface area contributed by atoms with Gasteiger partial charge in [-0.15, -0.1) is 0 Å². The molecule has 0 aromatic heterocycles. The Morgan fingerprint density at radius 1 is 0.407 bits per heavy atom. The molecule has 4 amide bonds. The lowest BCUT2D eigenvalue weighted by Gasteiger charge is -2.34. The van der Waals surface area contributed by atoms with Crippen molar-refractivity contribution in [3.05, 3.63) is 0 Å². The Balaban J connectivity index is 4.92. The summed E-state index contributed by atoms with van der Waals surface area (Å²) >= 11 is 0. The molecule has 7 N–H and O–H groups in total. The van der Waals surface area contributed by atoms with Crippen LogP contribution in [-0.2, 0) is 61.8 Å². The first-order chi connectivity index (χ1) is 26.3. The second kappa shape index (κ2) is 38.7. The lowest BCUT2D eigenvalue weighted by Crippen LogP contribution is -2.58. The molecule has 0 aromatic carbocycles. The molecule has 0 aliphatic carbocycles. The van der Waals surface area contributed by atoms with Gasteiger partial charge >= 0.3 is 0 Å². The number of carbonyl (C=O) groups is 4. The lowest BCUT2D eigenvalue weighted by molar-refractivity contribution is -0.130. The molecule has 318 valence electrons. The average molecular weight is 787 g/mol. The zero-order valence-corrected chi connectivity index (χ0v) is 31.9. The van der Waals surface area contributed by atoms with Crippen LogP contribution < -0.4 is 21.3 Å². The van der Waals surface area contributed by atoms with Crippen molar-refractivity contribution >= 4 is 23.6 Å². The predicted octanol–water partition coefficient (Wildman–Crippen LogP) is -3.10. The summed E-state index contributed by atoms with van der Waals surface area (Å²) in [6.07, 6.45) is 0.282. The highest BCUT2D eigenvalue weighted by atomic mass is 16.5. The molecule has 0 bridgehead atoms. The third-order valence-electron chi connectivity index (χ3n) is 6.81. The molecular formula is C34H66N4O16. The van der Waals surface area contributed by atoms with Crippen LogP contribution in [0.2, 0.25) is 0 Å². The third-order valence-corrected chi connectivity index (χ3v) is 6.81. The summed E-state index contributed by atoms with van der Waals surface area (Å²) in [5.41, 5.74) is -1.19. The van der Waals surface area contributed by atoms with E-state index in [-0.39, 0.29) is 148 Å². The van der Waals surface area contributed by atoms with Crippen LogP contribution in [0.4, 0.5) is 0 Å². The van der Waals surface area contributed by atoms with Gasteiger partial charge in [0.1, 0.15) is 5.54 Å². The van der Waals surface area contributed by atoms with Crippen molar-refractivity contribution in [3.63, 3.8) is 0 Å². The van der Waals surface area contributed by atoms with Gasteiger partial charge < -0.3 is 79.2 Å². The van der Waals surface area contributed by atoms with Gasteiger partial charge in [-0.1, -0.05) is 6.92 Å². The van der Waals surface area contributed by atoms with Gasteiger partial charge in [0.15, 0.2) is 0 Å². The van der Waals surface area contributed by atoms with Gasteiger partial charge in [-0.2, -0.15) is 0 Å². The molecule has 0 radical (unpaired) electrons. The van der Waals surface area contributed by atoms with E-state index in [0.29, 0.717) is 59.3 Å². The Morgan fingerprint density at radius 2 is 0.704 bits per heavy atom. The highest BCUT2D eigenvalue weighted by Gasteiger charge is 2.33. The van der Waals surface area contributed by atoms with Crippen LogP contribution in [0.1, 0.15) is 32.6 Å². The van der Waals surface area contributed by atoms with Crippen molar-refractivity contribution in [2.75, 3.05) is 158 Å². The molecule has 0 aliphatic rings. The summed E-state index contributed by atoms with van der Waals surface area (Å²) in [7, 11) is 0. The fourth-order valence-corrected chi connectivity index (χ4v) is 4.13. The van der Waals surface area contributed by atoms with E-state index in [1.807, 2.05) is 0 Å². The zero-order valence-electron chi connectivity index (χ0n) is 31.9. The largest absolute Gasteiger partial charge is 0.394 e. The Kier molecular flexibility index (Phi) is 36.8. The number of hydrogen-bond acceptors (Lipinski definition) is 16. The molecule has 0 unspecified atom stereocenters. The van der Waals surface area contributed by atoms with E-state index in [0.717, 1.165) is 0 Å². The quantitative estimate of drug-likeness (QED) is 0.0303. The van der Waals surface area contributed by atoms with E-state index in [1.54, 1.807) is 6.92 Å². The number of amides is 4. The number of aliphatic hydroxyl groups is 3. The highest BCUT2D eigenvalue weighted by Crippen LogP contribution is 2.11. The molecule has 20 nitrogen and oxygen atoms in total. The van der Waals surface area contributed by atoms with E-state index in [1.165, 1.54) is 0 Å². The molecule has 0 aliphatic heterocycles. The van der Waals surface area contributed by atoms with Gasteiger partial charge in [-0.25, -0.2) is 0 Å². The van der Waals surface area contributed by atoms with Gasteiger partial charge in [-0.3, -0.25) is 19.2 Å². The first kappa shape index (κ1) is 51.4. The molecule has 0 rings (SSSR count). The second-order valence-electron chi connectivity index (χ2n) is 11.5. The Labute approximate surface area is 318 Å². The number of ether oxygens (including phenoxy) is 9.